The number of aromatic nitrogens is 3. The van der Waals surface area contributed by atoms with Crippen molar-refractivity contribution in [2.24, 2.45) is 11.8 Å². The predicted molar refractivity (Wildman–Crippen MR) is 56.2 cm³/mol. The molecule has 74 valence electrons. The Hall–Kier alpha value is -0.640. The third-order valence-electron chi connectivity index (χ3n) is 2.56. The number of rotatable bonds is 3. The van der Waals surface area contributed by atoms with Crippen molar-refractivity contribution in [3.05, 3.63) is 10.6 Å². The zero-order valence-corrected chi connectivity index (χ0v) is 9.48. The van der Waals surface area contributed by atoms with E-state index in [1.54, 1.807) is 0 Å². The molecule has 1 rings (SSSR count). The lowest BCUT2D eigenvalue weighted by Gasteiger charge is -2.16. The van der Waals surface area contributed by atoms with E-state index in [4.69, 9.17) is 12.2 Å². The van der Waals surface area contributed by atoms with E-state index in [0.29, 0.717) is 11.8 Å². The van der Waals surface area contributed by atoms with Gasteiger partial charge in [0, 0.05) is 6.54 Å². The van der Waals surface area contributed by atoms with Crippen LogP contribution in [-0.2, 0) is 6.54 Å². The highest BCUT2D eigenvalue weighted by atomic mass is 32.1. The summed E-state index contributed by atoms with van der Waals surface area (Å²) in [7, 11) is 0. The average Bonchev–Trinajstić information content (AvgIpc) is 2.35. The van der Waals surface area contributed by atoms with E-state index in [0.717, 1.165) is 17.1 Å². The molecule has 1 N–H and O–H groups in total. The van der Waals surface area contributed by atoms with Crippen LogP contribution >= 0.6 is 12.2 Å². The maximum Gasteiger partial charge on any atom is 0.195 e. The standard InChI is InChI=1S/C9H17N3S/c1-6(2)7(3)5-12-8(4)10-11-9(12)13/h6-7H,5H2,1-4H3,(H,11,13). The largest absolute Gasteiger partial charge is 0.304 e. The molecular weight excluding hydrogens is 182 g/mol. The molecule has 1 unspecified atom stereocenters. The van der Waals surface area contributed by atoms with Crippen molar-refractivity contribution in [3.63, 3.8) is 0 Å². The molecule has 0 aliphatic heterocycles. The Morgan fingerprint density at radius 1 is 1.46 bits per heavy atom. The SMILES string of the molecule is Cc1n[nH]c(=S)n1CC(C)C(C)C. The summed E-state index contributed by atoms with van der Waals surface area (Å²) in [6, 6.07) is 0. The fraction of sp³-hybridized carbons (Fsp3) is 0.778. The molecule has 4 heteroatoms. The molecule has 1 aromatic rings. The van der Waals surface area contributed by atoms with Crippen LogP contribution < -0.4 is 0 Å². The first-order valence-corrected chi connectivity index (χ1v) is 5.05. The maximum absolute atomic E-state index is 5.12. The molecule has 0 bridgehead atoms. The number of hydrogen-bond donors (Lipinski definition) is 1. The van der Waals surface area contributed by atoms with Gasteiger partial charge < -0.3 is 4.57 Å². The highest BCUT2D eigenvalue weighted by Crippen LogP contribution is 2.13. The molecule has 1 heterocycles. The van der Waals surface area contributed by atoms with Crippen molar-refractivity contribution in [2.75, 3.05) is 0 Å². The Labute approximate surface area is 84.2 Å². The van der Waals surface area contributed by atoms with Crippen molar-refractivity contribution in [2.45, 2.75) is 34.2 Å². The van der Waals surface area contributed by atoms with Crippen molar-refractivity contribution in [1.82, 2.24) is 14.8 Å². The molecule has 0 radical (unpaired) electrons. The fourth-order valence-corrected chi connectivity index (χ4v) is 1.36. The van der Waals surface area contributed by atoms with Gasteiger partial charge in [-0.15, -0.1) is 0 Å². The normalized spacial score (nSPS) is 13.6. The number of nitrogens with one attached hydrogen (secondary N) is 1. The van der Waals surface area contributed by atoms with Gasteiger partial charge in [-0.1, -0.05) is 20.8 Å². The van der Waals surface area contributed by atoms with Gasteiger partial charge in [0.25, 0.3) is 0 Å². The van der Waals surface area contributed by atoms with Crippen molar-refractivity contribution < 1.29 is 0 Å². The molecule has 0 aliphatic carbocycles. The topological polar surface area (TPSA) is 33.6 Å². The first-order chi connectivity index (χ1) is 6.02. The van der Waals surface area contributed by atoms with Crippen LogP contribution in [0.5, 0.6) is 0 Å². The Morgan fingerprint density at radius 3 is 2.46 bits per heavy atom. The van der Waals surface area contributed by atoms with E-state index >= 15 is 0 Å². The van der Waals surface area contributed by atoms with Gasteiger partial charge in [0.05, 0.1) is 0 Å². The first kappa shape index (κ1) is 10.4. The van der Waals surface area contributed by atoms with Crippen LogP contribution in [0.1, 0.15) is 26.6 Å². The second-order valence-corrected chi connectivity index (χ2v) is 4.29. The molecule has 0 aliphatic rings. The Kier molecular flexibility index (Phi) is 3.25. The molecule has 0 saturated carbocycles. The lowest BCUT2D eigenvalue weighted by Crippen LogP contribution is -2.14. The second kappa shape index (κ2) is 4.05. The van der Waals surface area contributed by atoms with Gasteiger partial charge in [-0.25, -0.2) is 0 Å². The van der Waals surface area contributed by atoms with Crippen LogP contribution in [0, 0.1) is 23.5 Å². The first-order valence-electron chi connectivity index (χ1n) is 4.64. The average molecular weight is 199 g/mol. The zero-order chi connectivity index (χ0) is 10.0. The molecule has 0 fully saturated rings. The van der Waals surface area contributed by atoms with Crippen molar-refractivity contribution >= 4 is 12.2 Å². The fourth-order valence-electron chi connectivity index (χ4n) is 1.11. The molecule has 3 nitrogen and oxygen atoms in total. The summed E-state index contributed by atoms with van der Waals surface area (Å²) in [6.07, 6.45) is 0. The summed E-state index contributed by atoms with van der Waals surface area (Å²) in [6.45, 7) is 9.62. The minimum atomic E-state index is 0.628. The second-order valence-electron chi connectivity index (χ2n) is 3.91. The van der Waals surface area contributed by atoms with Gasteiger partial charge in [-0.05, 0) is 31.0 Å². The molecule has 1 aromatic heterocycles. The minimum absolute atomic E-state index is 0.628. The monoisotopic (exact) mass is 199 g/mol. The Morgan fingerprint density at radius 2 is 2.08 bits per heavy atom. The van der Waals surface area contributed by atoms with Crippen LogP contribution in [-0.4, -0.2) is 14.8 Å². The number of hydrogen-bond acceptors (Lipinski definition) is 2. The molecular formula is C9H17N3S. The van der Waals surface area contributed by atoms with Gasteiger partial charge in [-0.2, -0.15) is 5.10 Å². The van der Waals surface area contributed by atoms with Crippen LogP contribution in [0.15, 0.2) is 0 Å². The summed E-state index contributed by atoms with van der Waals surface area (Å²) >= 11 is 5.12. The molecule has 0 saturated heterocycles. The quantitative estimate of drug-likeness (QED) is 0.759. The molecule has 0 spiro atoms. The summed E-state index contributed by atoms with van der Waals surface area (Å²) in [5.74, 6) is 2.27. The van der Waals surface area contributed by atoms with Crippen molar-refractivity contribution in [3.8, 4) is 0 Å². The van der Waals surface area contributed by atoms with Crippen LogP contribution in [0.4, 0.5) is 0 Å². The summed E-state index contributed by atoms with van der Waals surface area (Å²) in [4.78, 5) is 0. The van der Waals surface area contributed by atoms with Gasteiger partial charge in [0.1, 0.15) is 5.82 Å². The molecule has 0 amide bonds. The van der Waals surface area contributed by atoms with Gasteiger partial charge in [-0.3, -0.25) is 5.10 Å². The van der Waals surface area contributed by atoms with E-state index in [1.807, 2.05) is 6.92 Å². The molecule has 13 heavy (non-hydrogen) atoms. The van der Waals surface area contributed by atoms with E-state index < -0.39 is 0 Å². The smallest absolute Gasteiger partial charge is 0.195 e. The summed E-state index contributed by atoms with van der Waals surface area (Å²) in [5, 5.41) is 6.87. The molecule has 1 atom stereocenters. The Balaban J connectivity index is 2.79. The minimum Gasteiger partial charge on any atom is -0.304 e. The van der Waals surface area contributed by atoms with Gasteiger partial charge in [0.15, 0.2) is 4.77 Å². The highest BCUT2D eigenvalue weighted by molar-refractivity contribution is 7.71. The zero-order valence-electron chi connectivity index (χ0n) is 8.66. The number of aromatic amines is 1. The summed E-state index contributed by atoms with van der Waals surface area (Å²) in [5.41, 5.74) is 0. The van der Waals surface area contributed by atoms with Crippen LogP contribution in [0.2, 0.25) is 0 Å². The van der Waals surface area contributed by atoms with E-state index in [1.165, 1.54) is 0 Å². The lowest BCUT2D eigenvalue weighted by molar-refractivity contribution is 0.360. The highest BCUT2D eigenvalue weighted by Gasteiger charge is 2.10. The van der Waals surface area contributed by atoms with E-state index in [2.05, 4.69) is 35.5 Å². The third-order valence-corrected chi connectivity index (χ3v) is 2.87. The van der Waals surface area contributed by atoms with Crippen LogP contribution in [0.3, 0.4) is 0 Å². The number of nitrogens with zero attached hydrogens (tertiary/aromatic N) is 2. The van der Waals surface area contributed by atoms with Gasteiger partial charge >= 0.3 is 0 Å². The maximum atomic E-state index is 5.12. The Bertz CT molecular complexity index is 324. The van der Waals surface area contributed by atoms with Gasteiger partial charge in [0.2, 0.25) is 0 Å². The van der Waals surface area contributed by atoms with E-state index in [9.17, 15) is 0 Å². The van der Waals surface area contributed by atoms with E-state index in [-0.39, 0.29) is 0 Å². The third kappa shape index (κ3) is 2.40. The van der Waals surface area contributed by atoms with Crippen LogP contribution in [0.25, 0.3) is 0 Å². The van der Waals surface area contributed by atoms with Crippen molar-refractivity contribution in [1.29, 1.82) is 0 Å². The summed E-state index contributed by atoms with van der Waals surface area (Å²) < 4.78 is 2.78. The lowest BCUT2D eigenvalue weighted by atomic mass is 9.98. The molecule has 0 aromatic carbocycles. The predicted octanol–water partition coefficient (Wildman–Crippen LogP) is 2.54. The number of aryl methyl sites for hydroxylation is 1. The number of H-pyrrole nitrogens is 1.